The summed E-state index contributed by atoms with van der Waals surface area (Å²) in [7, 11) is 0. The summed E-state index contributed by atoms with van der Waals surface area (Å²) in [5.41, 5.74) is 1.70. The zero-order chi connectivity index (χ0) is 16.0. The number of aromatic nitrogens is 2. The molecule has 6 heteroatoms. The van der Waals surface area contributed by atoms with Gasteiger partial charge in [-0.25, -0.2) is 0 Å². The Balaban J connectivity index is 1.74. The summed E-state index contributed by atoms with van der Waals surface area (Å²) >= 11 is 0. The van der Waals surface area contributed by atoms with E-state index in [9.17, 15) is 5.11 Å². The lowest BCUT2D eigenvalue weighted by atomic mass is 9.80. The number of aliphatic imine (C=N–C) groups is 1. The standard InChI is InChI=1S/C16H29N5O/c1-4-17-15(19-12-16(22)7-5-8-16)18-9-6-10-21-14(3)11-13(2)20-21/h11,22H,4-10,12H2,1-3H3,(H2,17,18,19). The van der Waals surface area contributed by atoms with E-state index in [0.29, 0.717) is 6.54 Å². The van der Waals surface area contributed by atoms with Crippen LogP contribution in [-0.4, -0.2) is 46.1 Å². The largest absolute Gasteiger partial charge is 0.388 e. The molecule has 0 aromatic carbocycles. The lowest BCUT2D eigenvalue weighted by Gasteiger charge is -2.35. The minimum Gasteiger partial charge on any atom is -0.388 e. The molecule has 1 aromatic rings. The number of aliphatic hydroxyl groups is 1. The zero-order valence-electron chi connectivity index (χ0n) is 14.0. The van der Waals surface area contributed by atoms with Crippen molar-refractivity contribution in [2.24, 2.45) is 4.99 Å². The summed E-state index contributed by atoms with van der Waals surface area (Å²) in [6.07, 6.45) is 3.83. The number of aryl methyl sites for hydroxylation is 3. The van der Waals surface area contributed by atoms with Crippen LogP contribution in [0.4, 0.5) is 0 Å². The predicted octanol–water partition coefficient (Wildman–Crippen LogP) is 1.36. The van der Waals surface area contributed by atoms with Crippen molar-refractivity contribution in [3.63, 3.8) is 0 Å². The highest BCUT2D eigenvalue weighted by Gasteiger charge is 2.34. The highest BCUT2D eigenvalue weighted by atomic mass is 16.3. The van der Waals surface area contributed by atoms with Gasteiger partial charge < -0.3 is 15.7 Å². The van der Waals surface area contributed by atoms with Crippen molar-refractivity contribution in [1.29, 1.82) is 0 Å². The Morgan fingerprint density at radius 3 is 2.73 bits per heavy atom. The SMILES string of the molecule is CCNC(=NCC1(O)CCC1)NCCCn1nc(C)cc1C. The van der Waals surface area contributed by atoms with Crippen LogP contribution in [0.25, 0.3) is 0 Å². The number of nitrogens with zero attached hydrogens (tertiary/aromatic N) is 3. The molecule has 22 heavy (non-hydrogen) atoms. The molecular weight excluding hydrogens is 278 g/mol. The second kappa shape index (κ2) is 7.63. The molecule has 2 rings (SSSR count). The molecule has 6 nitrogen and oxygen atoms in total. The van der Waals surface area contributed by atoms with Gasteiger partial charge in [-0.2, -0.15) is 5.10 Å². The number of nitrogens with one attached hydrogen (secondary N) is 2. The fraction of sp³-hybridized carbons (Fsp3) is 0.750. The molecule has 0 aliphatic heterocycles. The summed E-state index contributed by atoms with van der Waals surface area (Å²) in [5.74, 6) is 0.788. The third-order valence-corrected chi connectivity index (χ3v) is 4.10. The van der Waals surface area contributed by atoms with Crippen LogP contribution in [0.3, 0.4) is 0 Å². The average Bonchev–Trinajstić information content (AvgIpc) is 2.76. The van der Waals surface area contributed by atoms with Gasteiger partial charge in [0.25, 0.3) is 0 Å². The Morgan fingerprint density at radius 2 is 2.18 bits per heavy atom. The first-order valence-electron chi connectivity index (χ1n) is 8.28. The third kappa shape index (κ3) is 4.73. The number of rotatable bonds is 7. The molecule has 1 fully saturated rings. The van der Waals surface area contributed by atoms with Crippen LogP contribution in [0.2, 0.25) is 0 Å². The lowest BCUT2D eigenvalue weighted by molar-refractivity contribution is -0.0236. The maximum Gasteiger partial charge on any atom is 0.191 e. The number of hydrogen-bond acceptors (Lipinski definition) is 3. The molecule has 124 valence electrons. The van der Waals surface area contributed by atoms with Gasteiger partial charge in [0.15, 0.2) is 5.96 Å². The van der Waals surface area contributed by atoms with E-state index in [1.54, 1.807) is 0 Å². The molecule has 0 bridgehead atoms. The van der Waals surface area contributed by atoms with Gasteiger partial charge in [0, 0.05) is 25.3 Å². The topological polar surface area (TPSA) is 74.5 Å². The van der Waals surface area contributed by atoms with Crippen LogP contribution in [0.15, 0.2) is 11.1 Å². The molecule has 3 N–H and O–H groups in total. The highest BCUT2D eigenvalue weighted by molar-refractivity contribution is 5.79. The first-order chi connectivity index (χ1) is 10.5. The van der Waals surface area contributed by atoms with Crippen molar-refractivity contribution in [3.05, 3.63) is 17.5 Å². The monoisotopic (exact) mass is 307 g/mol. The van der Waals surface area contributed by atoms with Crippen molar-refractivity contribution in [2.75, 3.05) is 19.6 Å². The Labute approximate surface area is 133 Å². The molecular formula is C16H29N5O. The van der Waals surface area contributed by atoms with Gasteiger partial charge in [-0.05, 0) is 52.5 Å². The molecule has 1 saturated carbocycles. The van der Waals surface area contributed by atoms with Gasteiger partial charge in [-0.1, -0.05) is 0 Å². The molecule has 0 atom stereocenters. The van der Waals surface area contributed by atoms with Crippen molar-refractivity contribution in [2.45, 2.75) is 58.6 Å². The summed E-state index contributed by atoms with van der Waals surface area (Å²) in [5, 5.41) is 21.1. The fourth-order valence-corrected chi connectivity index (χ4v) is 2.65. The third-order valence-electron chi connectivity index (χ3n) is 4.10. The highest BCUT2D eigenvalue weighted by Crippen LogP contribution is 2.31. The van der Waals surface area contributed by atoms with Crippen LogP contribution >= 0.6 is 0 Å². The summed E-state index contributed by atoms with van der Waals surface area (Å²) in [6, 6.07) is 2.10. The normalized spacial score (nSPS) is 17.2. The molecule has 0 radical (unpaired) electrons. The number of guanidine groups is 1. The van der Waals surface area contributed by atoms with Crippen molar-refractivity contribution in [1.82, 2.24) is 20.4 Å². The first-order valence-corrected chi connectivity index (χ1v) is 8.28. The maximum absolute atomic E-state index is 10.1. The van der Waals surface area contributed by atoms with E-state index < -0.39 is 5.60 Å². The second-order valence-electron chi connectivity index (χ2n) is 6.20. The maximum atomic E-state index is 10.1. The van der Waals surface area contributed by atoms with E-state index >= 15 is 0 Å². The van der Waals surface area contributed by atoms with E-state index in [-0.39, 0.29) is 0 Å². The van der Waals surface area contributed by atoms with Gasteiger partial charge in [0.1, 0.15) is 0 Å². The van der Waals surface area contributed by atoms with Gasteiger partial charge in [-0.3, -0.25) is 9.67 Å². The Kier molecular flexibility index (Phi) is 5.83. The molecule has 1 aliphatic carbocycles. The molecule has 0 amide bonds. The van der Waals surface area contributed by atoms with Crippen LogP contribution in [-0.2, 0) is 6.54 Å². The Hall–Kier alpha value is -1.56. The van der Waals surface area contributed by atoms with Crippen LogP contribution in [0.1, 0.15) is 44.0 Å². The van der Waals surface area contributed by atoms with Crippen LogP contribution in [0.5, 0.6) is 0 Å². The van der Waals surface area contributed by atoms with E-state index in [1.807, 2.05) is 18.5 Å². The molecule has 0 saturated heterocycles. The predicted molar refractivity (Wildman–Crippen MR) is 89.1 cm³/mol. The first kappa shape index (κ1) is 16.8. The van der Waals surface area contributed by atoms with Crippen molar-refractivity contribution < 1.29 is 5.11 Å². The Bertz CT molecular complexity index is 505. The minimum absolute atomic E-state index is 0.486. The minimum atomic E-state index is -0.563. The zero-order valence-corrected chi connectivity index (χ0v) is 14.0. The molecule has 0 unspecified atom stereocenters. The summed E-state index contributed by atoms with van der Waals surface area (Å²) in [6.45, 7) is 9.19. The molecule has 1 aromatic heterocycles. The summed E-state index contributed by atoms with van der Waals surface area (Å²) < 4.78 is 2.04. The second-order valence-corrected chi connectivity index (χ2v) is 6.20. The number of hydrogen-bond donors (Lipinski definition) is 3. The van der Waals surface area contributed by atoms with Gasteiger partial charge >= 0.3 is 0 Å². The van der Waals surface area contributed by atoms with Crippen molar-refractivity contribution in [3.8, 4) is 0 Å². The lowest BCUT2D eigenvalue weighted by Crippen LogP contribution is -2.43. The van der Waals surface area contributed by atoms with E-state index in [0.717, 1.165) is 57.0 Å². The quantitative estimate of drug-likeness (QED) is 0.404. The van der Waals surface area contributed by atoms with E-state index in [2.05, 4.69) is 33.7 Å². The van der Waals surface area contributed by atoms with Gasteiger partial charge in [0.2, 0.25) is 0 Å². The van der Waals surface area contributed by atoms with Crippen molar-refractivity contribution >= 4 is 5.96 Å². The molecule has 0 spiro atoms. The summed E-state index contributed by atoms with van der Waals surface area (Å²) in [4.78, 5) is 4.50. The Morgan fingerprint density at radius 1 is 1.41 bits per heavy atom. The fourth-order valence-electron chi connectivity index (χ4n) is 2.65. The van der Waals surface area contributed by atoms with Gasteiger partial charge in [-0.15, -0.1) is 0 Å². The van der Waals surface area contributed by atoms with Gasteiger partial charge in [0.05, 0.1) is 17.8 Å². The molecule has 1 heterocycles. The average molecular weight is 307 g/mol. The molecule has 1 aliphatic rings. The van der Waals surface area contributed by atoms with Crippen LogP contribution < -0.4 is 10.6 Å². The van der Waals surface area contributed by atoms with Crippen LogP contribution in [0, 0.1) is 13.8 Å². The van der Waals surface area contributed by atoms with E-state index in [1.165, 1.54) is 5.69 Å². The smallest absolute Gasteiger partial charge is 0.191 e. The van der Waals surface area contributed by atoms with E-state index in [4.69, 9.17) is 0 Å².